The summed E-state index contributed by atoms with van der Waals surface area (Å²) in [5.74, 6) is -0.0737. The third kappa shape index (κ3) is 3.88. The van der Waals surface area contributed by atoms with Crippen LogP contribution < -0.4 is 0 Å². The van der Waals surface area contributed by atoms with Gasteiger partial charge in [0.25, 0.3) is 0 Å². The lowest BCUT2D eigenvalue weighted by atomic mass is 10.1. The highest BCUT2D eigenvalue weighted by Crippen LogP contribution is 1.99. The maximum absolute atomic E-state index is 8.62. The lowest BCUT2D eigenvalue weighted by Gasteiger charge is -1.98. The minimum atomic E-state index is -2.01. The highest BCUT2D eigenvalue weighted by atomic mass is 16.3. The molecule has 0 bridgehead atoms. The Hall–Kier alpha value is -0.300. The molecule has 0 aromatic rings. The molecule has 0 rings (SSSR count). The van der Waals surface area contributed by atoms with E-state index in [1.807, 2.05) is 0 Å². The standard InChI is InChI=1S/C7H14O/c1-6(2)4-7(3)5-8/h4,7-8H,5H2,1-3H3/i1D3/b6-4-. The van der Waals surface area contributed by atoms with Crippen LogP contribution in [0.2, 0.25) is 0 Å². The van der Waals surface area contributed by atoms with Crippen LogP contribution >= 0.6 is 0 Å². The molecule has 8 heavy (non-hydrogen) atoms. The van der Waals surface area contributed by atoms with Gasteiger partial charge in [0, 0.05) is 10.7 Å². The van der Waals surface area contributed by atoms with Gasteiger partial charge in [-0.25, -0.2) is 0 Å². The second kappa shape index (κ2) is 3.67. The molecule has 48 valence electrons. The molecule has 0 saturated carbocycles. The fourth-order valence-electron chi connectivity index (χ4n) is 0.479. The van der Waals surface area contributed by atoms with Crippen molar-refractivity contribution < 1.29 is 9.22 Å². The van der Waals surface area contributed by atoms with Crippen LogP contribution in [0.3, 0.4) is 0 Å². The van der Waals surface area contributed by atoms with E-state index in [9.17, 15) is 0 Å². The van der Waals surface area contributed by atoms with Crippen molar-refractivity contribution in [3.8, 4) is 0 Å². The van der Waals surface area contributed by atoms with Gasteiger partial charge in [-0.15, -0.1) is 0 Å². The van der Waals surface area contributed by atoms with Crippen LogP contribution in [0.1, 0.15) is 24.8 Å². The molecule has 0 aliphatic carbocycles. The van der Waals surface area contributed by atoms with Crippen LogP contribution in [0, 0.1) is 5.92 Å². The van der Waals surface area contributed by atoms with Crippen LogP contribution in [-0.4, -0.2) is 11.7 Å². The summed E-state index contributed by atoms with van der Waals surface area (Å²) < 4.78 is 21.0. The first-order chi connectivity index (χ1) is 4.88. The van der Waals surface area contributed by atoms with Crippen molar-refractivity contribution in [1.82, 2.24) is 0 Å². The van der Waals surface area contributed by atoms with E-state index in [0.29, 0.717) is 5.57 Å². The average molecular weight is 117 g/mol. The van der Waals surface area contributed by atoms with E-state index >= 15 is 0 Å². The molecule has 0 aromatic carbocycles. The van der Waals surface area contributed by atoms with Gasteiger partial charge in [0.2, 0.25) is 0 Å². The first kappa shape index (κ1) is 3.67. The Bertz CT molecular complexity index is 148. The lowest BCUT2D eigenvalue weighted by molar-refractivity contribution is 0.261. The first-order valence-corrected chi connectivity index (χ1v) is 2.67. The van der Waals surface area contributed by atoms with E-state index in [-0.39, 0.29) is 12.5 Å². The Balaban J connectivity index is 4.22. The Morgan fingerprint density at radius 3 is 3.00 bits per heavy atom. The molecule has 1 nitrogen and oxygen atoms in total. The molecule has 0 fully saturated rings. The normalized spacial score (nSPS) is 23.4. The fourth-order valence-corrected chi connectivity index (χ4v) is 0.479. The second-order valence-electron chi connectivity index (χ2n) is 2.01. The van der Waals surface area contributed by atoms with Gasteiger partial charge in [0.1, 0.15) is 0 Å². The van der Waals surface area contributed by atoms with Gasteiger partial charge < -0.3 is 5.11 Å². The van der Waals surface area contributed by atoms with Gasteiger partial charge >= 0.3 is 0 Å². The van der Waals surface area contributed by atoms with Crippen molar-refractivity contribution in [2.24, 2.45) is 5.92 Å². The molecule has 0 radical (unpaired) electrons. The second-order valence-corrected chi connectivity index (χ2v) is 2.01. The fraction of sp³-hybridized carbons (Fsp3) is 0.714. The molecule has 0 saturated heterocycles. The predicted molar refractivity (Wildman–Crippen MR) is 35.7 cm³/mol. The predicted octanol–water partition coefficient (Wildman–Crippen LogP) is 1.58. The molecule has 0 aliphatic heterocycles. The highest BCUT2D eigenvalue weighted by molar-refractivity contribution is 4.95. The summed E-state index contributed by atoms with van der Waals surface area (Å²) >= 11 is 0. The summed E-state index contributed by atoms with van der Waals surface area (Å²) in [5, 5.41) is 8.62. The number of aliphatic hydroxyl groups is 1. The Morgan fingerprint density at radius 1 is 2.00 bits per heavy atom. The number of hydrogen-bond acceptors (Lipinski definition) is 1. The minimum absolute atomic E-state index is 0.00653. The van der Waals surface area contributed by atoms with Gasteiger partial charge in [-0.05, 0) is 19.7 Å². The maximum atomic E-state index is 8.62. The quantitative estimate of drug-likeness (QED) is 0.544. The zero-order chi connectivity index (χ0) is 9.07. The van der Waals surface area contributed by atoms with Crippen molar-refractivity contribution in [2.75, 3.05) is 6.61 Å². The molecule has 0 spiro atoms. The molecule has 1 atom stereocenters. The summed E-state index contributed by atoms with van der Waals surface area (Å²) in [7, 11) is 0. The Labute approximate surface area is 55.2 Å². The summed E-state index contributed by atoms with van der Waals surface area (Å²) in [6.45, 7) is 1.31. The largest absolute Gasteiger partial charge is 0.396 e. The summed E-state index contributed by atoms with van der Waals surface area (Å²) in [6.07, 6.45) is 1.58. The van der Waals surface area contributed by atoms with E-state index in [1.54, 1.807) is 19.9 Å². The van der Waals surface area contributed by atoms with Gasteiger partial charge in [-0.2, -0.15) is 0 Å². The third-order valence-electron chi connectivity index (χ3n) is 0.823. The molecule has 1 unspecified atom stereocenters. The minimum Gasteiger partial charge on any atom is -0.396 e. The molecule has 0 amide bonds. The molecular formula is C7H14O. The third-order valence-corrected chi connectivity index (χ3v) is 0.823. The number of aliphatic hydroxyl groups excluding tert-OH is 1. The molecular weight excluding hydrogens is 100 g/mol. The first-order valence-electron chi connectivity index (χ1n) is 4.17. The highest BCUT2D eigenvalue weighted by Gasteiger charge is 1.90. The zero-order valence-corrected chi connectivity index (χ0v) is 5.31. The smallest absolute Gasteiger partial charge is 0.0491 e. The average Bonchev–Trinajstić information content (AvgIpc) is 1.85. The Morgan fingerprint density at radius 2 is 2.62 bits per heavy atom. The molecule has 0 heterocycles. The van der Waals surface area contributed by atoms with Gasteiger partial charge in [-0.1, -0.05) is 18.6 Å². The van der Waals surface area contributed by atoms with E-state index < -0.39 is 6.85 Å². The van der Waals surface area contributed by atoms with Crippen LogP contribution in [0.5, 0.6) is 0 Å². The number of rotatable bonds is 2. The summed E-state index contributed by atoms with van der Waals surface area (Å²) in [6, 6.07) is 0. The topological polar surface area (TPSA) is 20.2 Å². The van der Waals surface area contributed by atoms with E-state index in [0.717, 1.165) is 0 Å². The molecule has 1 heteroatoms. The van der Waals surface area contributed by atoms with Crippen LogP contribution in [0.25, 0.3) is 0 Å². The van der Waals surface area contributed by atoms with Gasteiger partial charge in [-0.3, -0.25) is 0 Å². The molecule has 0 aliphatic rings. The Kier molecular flexibility index (Phi) is 1.69. The van der Waals surface area contributed by atoms with E-state index in [4.69, 9.17) is 9.22 Å². The van der Waals surface area contributed by atoms with Crippen molar-refractivity contribution in [2.45, 2.75) is 20.7 Å². The van der Waals surface area contributed by atoms with Crippen LogP contribution in [0.4, 0.5) is 0 Å². The summed E-state index contributed by atoms with van der Waals surface area (Å²) in [4.78, 5) is 0. The maximum Gasteiger partial charge on any atom is 0.0491 e. The molecule has 0 aromatic heterocycles. The van der Waals surface area contributed by atoms with Gasteiger partial charge in [0.15, 0.2) is 0 Å². The van der Waals surface area contributed by atoms with Crippen molar-refractivity contribution >= 4 is 0 Å². The SMILES string of the molecule is [2H]C([2H])([2H])/C(C)=C/C(C)CO. The number of hydrogen-bond donors (Lipinski definition) is 1. The van der Waals surface area contributed by atoms with E-state index in [2.05, 4.69) is 0 Å². The zero-order valence-electron chi connectivity index (χ0n) is 8.31. The summed E-state index contributed by atoms with van der Waals surface area (Å²) in [5.41, 5.74) is 0.346. The van der Waals surface area contributed by atoms with Gasteiger partial charge in [0.05, 0.1) is 0 Å². The van der Waals surface area contributed by atoms with Crippen molar-refractivity contribution in [3.05, 3.63) is 11.6 Å². The lowest BCUT2D eigenvalue weighted by Crippen LogP contribution is -1.95. The van der Waals surface area contributed by atoms with Crippen molar-refractivity contribution in [1.29, 1.82) is 0 Å². The van der Waals surface area contributed by atoms with E-state index in [1.165, 1.54) is 0 Å². The van der Waals surface area contributed by atoms with Crippen LogP contribution in [0.15, 0.2) is 11.6 Å². The molecule has 1 N–H and O–H groups in total. The number of allylic oxidation sites excluding steroid dienone is 1. The monoisotopic (exact) mass is 117 g/mol. The van der Waals surface area contributed by atoms with Crippen molar-refractivity contribution in [3.63, 3.8) is 0 Å². The van der Waals surface area contributed by atoms with Crippen LogP contribution in [-0.2, 0) is 0 Å².